The Bertz CT molecular complexity index is 1020. The van der Waals surface area contributed by atoms with Crippen LogP contribution in [0.25, 0.3) is 5.65 Å². The summed E-state index contributed by atoms with van der Waals surface area (Å²) in [6, 6.07) is 3.69. The van der Waals surface area contributed by atoms with Crippen molar-refractivity contribution in [3.63, 3.8) is 0 Å². The van der Waals surface area contributed by atoms with E-state index in [1.807, 2.05) is 0 Å². The molecule has 3 aromatic heterocycles. The minimum atomic E-state index is -4.61. The number of rotatable bonds is 5. The van der Waals surface area contributed by atoms with Gasteiger partial charge < -0.3 is 15.2 Å². The largest absolute Gasteiger partial charge is 0.478 e. The van der Waals surface area contributed by atoms with E-state index < -0.39 is 30.3 Å². The average Bonchev–Trinajstić information content (AvgIpc) is 2.91. The molecule has 0 saturated heterocycles. The van der Waals surface area contributed by atoms with Crippen LogP contribution in [0.4, 0.5) is 17.6 Å². The number of pyridine rings is 2. The highest BCUT2D eigenvalue weighted by Crippen LogP contribution is 2.31. The summed E-state index contributed by atoms with van der Waals surface area (Å²) in [5.74, 6) is -2.30. The summed E-state index contributed by atoms with van der Waals surface area (Å²) in [4.78, 5) is 19.0. The van der Waals surface area contributed by atoms with E-state index in [0.717, 1.165) is 12.3 Å². The third kappa shape index (κ3) is 4.07. The van der Waals surface area contributed by atoms with E-state index in [1.54, 1.807) is 6.92 Å². The number of primary amides is 1. The Kier molecular flexibility index (Phi) is 4.60. The average molecular weight is 384 g/mol. The number of aryl methyl sites for hydroxylation is 1. The second kappa shape index (κ2) is 6.74. The van der Waals surface area contributed by atoms with Gasteiger partial charge in [-0.15, -0.1) is 0 Å². The molecule has 0 aliphatic heterocycles. The fourth-order valence-corrected chi connectivity index (χ4v) is 2.30. The molecule has 0 fully saturated rings. The number of hydrogen-bond acceptors (Lipinski definition) is 5. The van der Waals surface area contributed by atoms with Crippen molar-refractivity contribution in [2.45, 2.75) is 13.1 Å². The van der Waals surface area contributed by atoms with Crippen LogP contribution in [-0.4, -0.2) is 33.1 Å². The standard InChI is InChI=1S/C16H12F4N4O3/c1-8-13(14(21)25)23-12-3-2-10(6-24(8)12)27-15-11(4-9(17)5-22-15)26-7-16(18,19)20/h2-6H,7H2,1H3,(H2,21,25). The Morgan fingerprint density at radius 2 is 2.07 bits per heavy atom. The first kappa shape index (κ1) is 18.4. The zero-order valence-electron chi connectivity index (χ0n) is 13.7. The number of hydrogen-bond donors (Lipinski definition) is 1. The smallest absolute Gasteiger partial charge is 0.422 e. The molecule has 7 nitrogen and oxygen atoms in total. The molecule has 0 aromatic carbocycles. The second-order valence-corrected chi connectivity index (χ2v) is 5.47. The van der Waals surface area contributed by atoms with Gasteiger partial charge >= 0.3 is 6.18 Å². The van der Waals surface area contributed by atoms with Crippen LogP contribution in [0.2, 0.25) is 0 Å². The first-order valence-corrected chi connectivity index (χ1v) is 7.45. The summed E-state index contributed by atoms with van der Waals surface area (Å²) in [5, 5.41) is 0. The maximum absolute atomic E-state index is 13.3. The minimum absolute atomic E-state index is 0.0706. The molecule has 27 heavy (non-hydrogen) atoms. The van der Waals surface area contributed by atoms with Crippen LogP contribution in [0, 0.1) is 12.7 Å². The molecular formula is C16H12F4N4O3. The second-order valence-electron chi connectivity index (χ2n) is 5.47. The van der Waals surface area contributed by atoms with Crippen molar-refractivity contribution in [2.24, 2.45) is 5.73 Å². The number of carbonyl (C=O) groups excluding carboxylic acids is 1. The fraction of sp³-hybridized carbons (Fsp3) is 0.188. The SMILES string of the molecule is Cc1c(C(N)=O)nc2ccc(Oc3ncc(F)cc3OCC(F)(F)F)cn12. The van der Waals surface area contributed by atoms with Crippen LogP contribution in [0.1, 0.15) is 16.2 Å². The lowest BCUT2D eigenvalue weighted by Crippen LogP contribution is -2.19. The number of carbonyl (C=O) groups is 1. The monoisotopic (exact) mass is 384 g/mol. The number of ether oxygens (including phenoxy) is 2. The predicted octanol–water partition coefficient (Wildman–Crippen LogP) is 3.01. The van der Waals surface area contributed by atoms with Crippen molar-refractivity contribution in [2.75, 3.05) is 6.61 Å². The van der Waals surface area contributed by atoms with Gasteiger partial charge in [-0.1, -0.05) is 0 Å². The Labute approximate surface area is 149 Å². The van der Waals surface area contributed by atoms with Crippen LogP contribution in [-0.2, 0) is 0 Å². The van der Waals surface area contributed by atoms with E-state index >= 15 is 0 Å². The molecule has 3 rings (SSSR count). The fourth-order valence-electron chi connectivity index (χ4n) is 2.30. The lowest BCUT2D eigenvalue weighted by molar-refractivity contribution is -0.153. The quantitative estimate of drug-likeness (QED) is 0.683. The van der Waals surface area contributed by atoms with E-state index in [2.05, 4.69) is 14.7 Å². The van der Waals surface area contributed by atoms with E-state index in [9.17, 15) is 22.4 Å². The van der Waals surface area contributed by atoms with Crippen molar-refractivity contribution >= 4 is 11.6 Å². The normalized spacial score (nSPS) is 11.6. The number of imidazole rings is 1. The van der Waals surface area contributed by atoms with Gasteiger partial charge in [-0.25, -0.2) is 14.4 Å². The zero-order valence-corrected chi connectivity index (χ0v) is 13.7. The molecule has 11 heteroatoms. The van der Waals surface area contributed by atoms with Crippen LogP contribution < -0.4 is 15.2 Å². The molecule has 1 amide bonds. The number of nitrogens with zero attached hydrogens (tertiary/aromatic N) is 3. The minimum Gasteiger partial charge on any atom is -0.478 e. The van der Waals surface area contributed by atoms with Gasteiger partial charge in [-0.3, -0.25) is 9.20 Å². The molecule has 0 aliphatic carbocycles. The van der Waals surface area contributed by atoms with Gasteiger partial charge in [0.2, 0.25) is 0 Å². The Morgan fingerprint density at radius 3 is 2.74 bits per heavy atom. The number of halogens is 4. The molecular weight excluding hydrogens is 372 g/mol. The third-order valence-corrected chi connectivity index (χ3v) is 3.45. The van der Waals surface area contributed by atoms with Crippen molar-refractivity contribution in [3.05, 3.63) is 47.8 Å². The molecule has 3 heterocycles. The topological polar surface area (TPSA) is 91.7 Å². The van der Waals surface area contributed by atoms with E-state index in [-0.39, 0.29) is 17.3 Å². The molecule has 142 valence electrons. The Hall–Kier alpha value is -3.37. The van der Waals surface area contributed by atoms with E-state index in [4.69, 9.17) is 10.5 Å². The van der Waals surface area contributed by atoms with Gasteiger partial charge in [0, 0.05) is 6.07 Å². The van der Waals surface area contributed by atoms with Crippen molar-refractivity contribution < 1.29 is 31.8 Å². The lowest BCUT2D eigenvalue weighted by Gasteiger charge is -2.13. The van der Waals surface area contributed by atoms with Gasteiger partial charge in [0.25, 0.3) is 11.8 Å². The Balaban J connectivity index is 1.93. The van der Waals surface area contributed by atoms with Crippen LogP contribution in [0.15, 0.2) is 30.6 Å². The van der Waals surface area contributed by atoms with Crippen molar-refractivity contribution in [3.8, 4) is 17.4 Å². The summed E-state index contributed by atoms with van der Waals surface area (Å²) in [5.41, 5.74) is 6.17. The molecule has 3 aromatic rings. The van der Waals surface area contributed by atoms with E-state index in [1.165, 1.54) is 22.7 Å². The summed E-state index contributed by atoms with van der Waals surface area (Å²) in [6.45, 7) is -0.0198. The third-order valence-electron chi connectivity index (χ3n) is 3.45. The number of fused-ring (bicyclic) bond motifs is 1. The highest BCUT2D eigenvalue weighted by Gasteiger charge is 2.29. The van der Waals surface area contributed by atoms with Gasteiger partial charge in [0.05, 0.1) is 18.1 Å². The summed E-state index contributed by atoms with van der Waals surface area (Å²) in [6.07, 6.45) is -2.40. The molecule has 0 aliphatic rings. The summed E-state index contributed by atoms with van der Waals surface area (Å²) in [7, 11) is 0. The first-order chi connectivity index (χ1) is 12.6. The molecule has 0 radical (unpaired) electrons. The molecule has 0 spiro atoms. The molecule has 0 saturated carbocycles. The van der Waals surface area contributed by atoms with Crippen LogP contribution in [0.3, 0.4) is 0 Å². The van der Waals surface area contributed by atoms with Gasteiger partial charge in [-0.2, -0.15) is 13.2 Å². The van der Waals surface area contributed by atoms with Gasteiger partial charge in [0.15, 0.2) is 12.4 Å². The highest BCUT2D eigenvalue weighted by molar-refractivity contribution is 5.92. The number of alkyl halides is 3. The van der Waals surface area contributed by atoms with Crippen molar-refractivity contribution in [1.29, 1.82) is 0 Å². The molecule has 0 atom stereocenters. The summed E-state index contributed by atoms with van der Waals surface area (Å²) < 4.78 is 61.9. The predicted molar refractivity (Wildman–Crippen MR) is 84.3 cm³/mol. The van der Waals surface area contributed by atoms with Crippen molar-refractivity contribution in [1.82, 2.24) is 14.4 Å². The van der Waals surface area contributed by atoms with Gasteiger partial charge in [0.1, 0.15) is 22.9 Å². The molecule has 0 bridgehead atoms. The number of amides is 1. The first-order valence-electron chi connectivity index (χ1n) is 7.45. The maximum atomic E-state index is 13.3. The number of nitrogens with two attached hydrogens (primary N) is 1. The van der Waals surface area contributed by atoms with Crippen LogP contribution >= 0.6 is 0 Å². The molecule has 0 unspecified atom stereocenters. The number of aromatic nitrogens is 3. The maximum Gasteiger partial charge on any atom is 0.422 e. The zero-order chi connectivity index (χ0) is 19.8. The summed E-state index contributed by atoms with van der Waals surface area (Å²) >= 11 is 0. The van der Waals surface area contributed by atoms with Crippen LogP contribution in [0.5, 0.6) is 17.4 Å². The molecule has 2 N–H and O–H groups in total. The lowest BCUT2D eigenvalue weighted by atomic mass is 10.3. The van der Waals surface area contributed by atoms with Gasteiger partial charge in [-0.05, 0) is 19.1 Å². The Morgan fingerprint density at radius 1 is 1.33 bits per heavy atom. The highest BCUT2D eigenvalue weighted by atomic mass is 19.4. The van der Waals surface area contributed by atoms with E-state index in [0.29, 0.717) is 11.3 Å².